The Morgan fingerprint density at radius 1 is 0.658 bits per heavy atom. The van der Waals surface area contributed by atoms with Crippen molar-refractivity contribution in [3.63, 3.8) is 0 Å². The molecule has 426 valence electrons. The van der Waals surface area contributed by atoms with E-state index in [-0.39, 0.29) is 29.3 Å². The molecular weight excluding hydrogens is 1010 g/mol. The minimum Gasteiger partial charge on any atom is -0.394 e. The molecule has 0 amide bonds. The van der Waals surface area contributed by atoms with Crippen molar-refractivity contribution in [3.8, 4) is 0 Å². The van der Waals surface area contributed by atoms with Crippen molar-refractivity contribution in [3.05, 3.63) is 107 Å². The number of alkyl halides is 2. The van der Waals surface area contributed by atoms with Crippen molar-refractivity contribution >= 4 is 0 Å². The summed E-state index contributed by atoms with van der Waals surface area (Å²) in [7, 11) is 0. The lowest BCUT2D eigenvalue weighted by molar-refractivity contribution is -0.141. The Bertz CT molecular complexity index is 2870. The molecule has 28 heteroatoms. The van der Waals surface area contributed by atoms with Crippen molar-refractivity contribution in [1.29, 1.82) is 0 Å². The fourth-order valence-corrected chi connectivity index (χ4v) is 7.85. The molecule has 4 aromatic heterocycles. The topological polar surface area (TPSA) is 355 Å². The monoisotopic (exact) mass is 1090 g/mol. The molecule has 0 radical (unpaired) electrons. The molecule has 76 heavy (non-hydrogen) atoms. The van der Waals surface area contributed by atoms with Gasteiger partial charge in [-0.05, 0) is 49.5 Å². The molecule has 3 fully saturated rings. The summed E-state index contributed by atoms with van der Waals surface area (Å²) in [4.78, 5) is 80.5. The van der Waals surface area contributed by atoms with E-state index in [0.29, 0.717) is 41.2 Å². The Morgan fingerprint density at radius 2 is 1.16 bits per heavy atom. The van der Waals surface area contributed by atoms with Crippen LogP contribution in [-0.2, 0) is 39.0 Å². The number of nitrogens with zero attached hydrogens (tertiary/aromatic N) is 9. The summed E-state index contributed by atoms with van der Waals surface area (Å²) in [6.07, 6.45) is -5.80. The van der Waals surface area contributed by atoms with E-state index in [1.54, 1.807) is 20.8 Å². The van der Waals surface area contributed by atoms with Crippen LogP contribution >= 0.6 is 0 Å². The predicted octanol–water partition coefficient (Wildman–Crippen LogP) is -0.145. The molecule has 0 bridgehead atoms. The molecule has 4 aromatic rings. The fraction of sp³-hybridized carbons (Fsp3) is 0.708. The number of aromatic nitrogens is 10. The highest BCUT2D eigenvalue weighted by Gasteiger charge is 2.59. The summed E-state index contributed by atoms with van der Waals surface area (Å²) < 4.78 is 60.2. The zero-order chi connectivity index (χ0) is 57.6. The van der Waals surface area contributed by atoms with Gasteiger partial charge in [-0.15, -0.1) is 0 Å². The van der Waals surface area contributed by atoms with Crippen LogP contribution in [0, 0.1) is 22.1 Å². The molecule has 3 aliphatic rings. The molecule has 8 N–H and O–H groups in total. The normalized spacial score (nSPS) is 25.4. The van der Waals surface area contributed by atoms with Gasteiger partial charge in [0, 0.05) is 42.9 Å². The second-order valence-electron chi connectivity index (χ2n) is 23.2. The molecule has 3 saturated heterocycles. The first-order valence-corrected chi connectivity index (χ1v) is 24.3. The summed E-state index contributed by atoms with van der Waals surface area (Å²) in [5.74, 6) is -3.73. The van der Waals surface area contributed by atoms with E-state index in [1.807, 2.05) is 62.3 Å². The lowest BCUT2D eigenvalue weighted by Gasteiger charge is -2.22. The van der Waals surface area contributed by atoms with Crippen molar-refractivity contribution in [2.24, 2.45) is 16.2 Å². The number of hydrogen-bond donors (Lipinski definition) is 8. The van der Waals surface area contributed by atoms with Gasteiger partial charge in [0.15, 0.2) is 12.3 Å². The maximum atomic E-state index is 14.0. The van der Waals surface area contributed by atoms with Gasteiger partial charge in [-0.25, -0.2) is 29.1 Å². The summed E-state index contributed by atoms with van der Waals surface area (Å²) in [6.45, 7) is 21.5. The molecule has 3 aliphatic heterocycles. The number of ether oxygens (including phenoxy) is 3. The van der Waals surface area contributed by atoms with Crippen molar-refractivity contribution < 1.29 is 63.1 Å². The summed E-state index contributed by atoms with van der Waals surface area (Å²) in [6, 6.07) is 1.48. The second kappa shape index (κ2) is 24.9. The number of aliphatic hydroxyl groups is 7. The highest BCUT2D eigenvalue weighted by Crippen LogP contribution is 2.42. The maximum absolute atomic E-state index is 14.0. The van der Waals surface area contributed by atoms with Crippen LogP contribution in [0.4, 0.5) is 13.2 Å². The van der Waals surface area contributed by atoms with Crippen LogP contribution in [0.5, 0.6) is 0 Å². The zero-order valence-electron chi connectivity index (χ0n) is 44.7. The van der Waals surface area contributed by atoms with Gasteiger partial charge in [0.1, 0.15) is 61.1 Å². The van der Waals surface area contributed by atoms with Gasteiger partial charge in [0.25, 0.3) is 5.56 Å². The third-order valence-corrected chi connectivity index (χ3v) is 11.4. The van der Waals surface area contributed by atoms with Gasteiger partial charge >= 0.3 is 28.7 Å². The highest BCUT2D eigenvalue weighted by atomic mass is 19.3. The molecule has 0 aliphatic carbocycles. The Morgan fingerprint density at radius 3 is 1.57 bits per heavy atom. The number of aromatic amines is 1. The van der Waals surface area contributed by atoms with Crippen molar-refractivity contribution in [2.45, 2.75) is 182 Å². The first-order valence-electron chi connectivity index (χ1n) is 24.3. The van der Waals surface area contributed by atoms with Gasteiger partial charge in [-0.3, -0.25) is 23.1 Å². The molecule has 0 aromatic carbocycles. The van der Waals surface area contributed by atoms with Gasteiger partial charge in [0.05, 0.1) is 25.9 Å². The quantitative estimate of drug-likeness (QED) is 0.108. The summed E-state index contributed by atoms with van der Waals surface area (Å²) in [5, 5.41) is 65.8. The van der Waals surface area contributed by atoms with Crippen LogP contribution in [0.15, 0.2) is 55.1 Å². The van der Waals surface area contributed by atoms with Gasteiger partial charge in [-0.2, -0.15) is 28.1 Å². The lowest BCUT2D eigenvalue weighted by Crippen LogP contribution is -2.45. The fourth-order valence-electron chi connectivity index (χ4n) is 7.85. The first-order chi connectivity index (χ1) is 34.9. The van der Waals surface area contributed by atoms with E-state index >= 15 is 0 Å². The standard InChI is InChI=1S/C14H20F2N2O4.C13H21N3O5.C13H21N3O4.C8H11FN2O2/c1-13(2,3)6-8-4-5-18(12(21)17-8)11-14(15,16)10(20)9(7-19)22-11;1-13(2,3)4-8-14-6-16(12(20)15-8)11-10(19)9(18)7(5-17)21-11;1-13(2,3)5-10-14-7-16(12(19)15-10)11-4-8(18)9(6-17)20-11;1-8(2,3)11-6(12)5(9)4-10-7(11)13/h4-5,9-11,19-20H,6-7H2,1-3H3;6-7,9-11,17-19H,4-5H2,1-3H3;7-9,11,17-18H,4-6H2,1-3H3;4H,1-3H3,(H,10,13)/t9-,10-,11-;7-,9-,10-,11-;8-,9+,11+;/m110./s1. The predicted molar refractivity (Wildman–Crippen MR) is 263 cm³/mol. The van der Waals surface area contributed by atoms with Crippen LogP contribution in [0.3, 0.4) is 0 Å². The molecule has 25 nitrogen and oxygen atoms in total. The van der Waals surface area contributed by atoms with Crippen LogP contribution < -0.4 is 28.3 Å². The first kappa shape index (κ1) is 63.1. The number of nitrogens with one attached hydrogen (secondary N) is 1. The van der Waals surface area contributed by atoms with E-state index in [4.69, 9.17) is 29.5 Å². The number of aliphatic hydroxyl groups excluding tert-OH is 7. The summed E-state index contributed by atoms with van der Waals surface area (Å²) >= 11 is 0. The third-order valence-electron chi connectivity index (χ3n) is 11.4. The lowest BCUT2D eigenvalue weighted by atomic mass is 9.90. The van der Waals surface area contributed by atoms with E-state index in [1.165, 1.54) is 29.5 Å². The number of hydrogen-bond acceptors (Lipinski definition) is 20. The Labute approximate surface area is 434 Å². The average molecular weight is 1090 g/mol. The average Bonchev–Trinajstić information content (AvgIpc) is 3.88. The third kappa shape index (κ3) is 16.5. The molecule has 10 atom stereocenters. The second-order valence-corrected chi connectivity index (χ2v) is 23.2. The highest BCUT2D eigenvalue weighted by molar-refractivity contribution is 5.05. The molecule has 0 spiro atoms. The van der Waals surface area contributed by atoms with Crippen LogP contribution in [-0.4, -0.2) is 152 Å². The van der Waals surface area contributed by atoms with Gasteiger partial charge in [0.2, 0.25) is 12.0 Å². The summed E-state index contributed by atoms with van der Waals surface area (Å²) in [5.41, 5.74) is -3.80. The number of rotatable bonds is 9. The van der Waals surface area contributed by atoms with E-state index in [9.17, 15) is 57.6 Å². The smallest absolute Gasteiger partial charge is 0.352 e. The van der Waals surface area contributed by atoms with Crippen molar-refractivity contribution in [1.82, 2.24) is 48.2 Å². The molecule has 0 saturated carbocycles. The molecular formula is C48H73F3N10O15. The Hall–Kier alpha value is -5.43. The minimum atomic E-state index is -3.69. The number of H-pyrrole nitrogens is 1. The largest absolute Gasteiger partial charge is 0.394 e. The number of halogens is 3. The molecule has 7 heterocycles. The minimum absolute atomic E-state index is 0.000654. The van der Waals surface area contributed by atoms with E-state index < -0.39 is 120 Å². The van der Waals surface area contributed by atoms with Crippen LogP contribution in [0.1, 0.15) is 126 Å². The van der Waals surface area contributed by atoms with Gasteiger partial charge in [-0.1, -0.05) is 62.3 Å². The van der Waals surface area contributed by atoms with E-state index in [2.05, 4.69) is 29.9 Å². The molecule has 7 rings (SSSR count). The van der Waals surface area contributed by atoms with Crippen LogP contribution in [0.25, 0.3) is 0 Å². The molecule has 0 unspecified atom stereocenters. The maximum Gasteiger partial charge on any atom is 0.352 e. The SMILES string of the molecule is CC(C)(C)Cc1ccn([C@@H]2O[C@H](CO)[C@@H](O)C2(F)F)c(=O)n1.CC(C)(C)Cc1ncn([C@@H]2O[C@H](CO)[C@@H](O)[C@H]2O)c(=O)n1.CC(C)(C)Cc1ncn([C@H]2C[C@H](O)[C@@H](CO)O2)c(=O)n1.CC(C)(C)n1c(=O)[nH]cc(F)c1=O. The Balaban J connectivity index is 0.000000222. The van der Waals surface area contributed by atoms with Crippen LogP contribution in [0.2, 0.25) is 0 Å². The van der Waals surface area contributed by atoms with Crippen molar-refractivity contribution in [2.75, 3.05) is 19.8 Å². The Kier molecular flexibility index (Phi) is 20.7. The van der Waals surface area contributed by atoms with E-state index in [0.717, 1.165) is 15.3 Å². The zero-order valence-corrected chi connectivity index (χ0v) is 44.7. The van der Waals surface area contributed by atoms with Gasteiger partial charge < -0.3 is 54.9 Å².